The zero-order valence-corrected chi connectivity index (χ0v) is 9.36. The molecule has 0 unspecified atom stereocenters. The topological polar surface area (TPSA) is 64.2 Å². The van der Waals surface area contributed by atoms with E-state index in [2.05, 4.69) is 0 Å². The summed E-state index contributed by atoms with van der Waals surface area (Å²) in [6, 6.07) is 0. The molecule has 0 saturated heterocycles. The fourth-order valence-electron chi connectivity index (χ4n) is 2.01. The van der Waals surface area contributed by atoms with Crippen LogP contribution in [0.25, 0.3) is 5.57 Å². The Hall–Kier alpha value is -1.78. The molecule has 0 aliphatic heterocycles. The molecule has 1 N–H and O–H groups in total. The summed E-state index contributed by atoms with van der Waals surface area (Å²) in [5.41, 5.74) is 0.175. The molecule has 16 heavy (non-hydrogen) atoms. The molecule has 0 fully saturated rings. The van der Waals surface area contributed by atoms with Crippen LogP contribution in [0.15, 0.2) is 15.7 Å². The Kier molecular flexibility index (Phi) is 2.46. The van der Waals surface area contributed by atoms with E-state index in [0.29, 0.717) is 0 Å². The van der Waals surface area contributed by atoms with Crippen molar-refractivity contribution in [1.82, 2.24) is 9.13 Å². The molecule has 0 saturated carbocycles. The molecule has 0 amide bonds. The van der Waals surface area contributed by atoms with E-state index in [1.165, 1.54) is 14.1 Å². The Labute approximate surface area is 92.3 Å². The molecule has 0 spiro atoms. The van der Waals surface area contributed by atoms with Gasteiger partial charge in [-0.15, -0.1) is 0 Å². The summed E-state index contributed by atoms with van der Waals surface area (Å²) >= 11 is 0. The van der Waals surface area contributed by atoms with Gasteiger partial charge in [-0.3, -0.25) is 13.9 Å². The van der Waals surface area contributed by atoms with Gasteiger partial charge in [-0.1, -0.05) is 6.08 Å². The highest BCUT2D eigenvalue weighted by molar-refractivity contribution is 5.69. The molecular formula is C11H14N2O3. The normalized spacial score (nSPS) is 15.2. The second kappa shape index (κ2) is 3.66. The van der Waals surface area contributed by atoms with Gasteiger partial charge in [0.25, 0.3) is 5.56 Å². The Bertz CT molecular complexity index is 578. The Balaban J connectivity index is 2.80. The van der Waals surface area contributed by atoms with Gasteiger partial charge in [0.15, 0.2) is 0 Å². The Morgan fingerprint density at radius 2 is 1.94 bits per heavy atom. The minimum absolute atomic E-state index is 0.235. The maximum Gasteiger partial charge on any atom is 0.333 e. The van der Waals surface area contributed by atoms with Gasteiger partial charge in [-0.2, -0.15) is 0 Å². The number of aromatic nitrogens is 2. The van der Waals surface area contributed by atoms with Crippen molar-refractivity contribution in [3.63, 3.8) is 0 Å². The van der Waals surface area contributed by atoms with E-state index in [1.54, 1.807) is 0 Å². The lowest BCUT2D eigenvalue weighted by Crippen LogP contribution is -2.38. The maximum atomic E-state index is 11.9. The predicted octanol–water partition coefficient (Wildman–Crippen LogP) is 0.357. The summed E-state index contributed by atoms with van der Waals surface area (Å²) in [4.78, 5) is 23.4. The quantitative estimate of drug-likeness (QED) is 0.746. The van der Waals surface area contributed by atoms with Crippen molar-refractivity contribution in [2.75, 3.05) is 0 Å². The van der Waals surface area contributed by atoms with Crippen molar-refractivity contribution in [3.8, 4) is 5.88 Å². The highest BCUT2D eigenvalue weighted by Crippen LogP contribution is 2.29. The van der Waals surface area contributed by atoms with Crippen LogP contribution in [0.2, 0.25) is 0 Å². The van der Waals surface area contributed by atoms with Crippen LogP contribution in [0.4, 0.5) is 0 Å². The van der Waals surface area contributed by atoms with Crippen LogP contribution >= 0.6 is 0 Å². The first-order valence-electron chi connectivity index (χ1n) is 5.22. The second-order valence-corrected chi connectivity index (χ2v) is 4.03. The number of allylic oxidation sites excluding steroid dienone is 2. The van der Waals surface area contributed by atoms with Crippen LogP contribution < -0.4 is 11.2 Å². The standard InChI is InChI=1S/C11H14N2O3/c1-12-9(14)8(7-5-3-4-6-7)10(15)13(2)11(12)16/h5,14H,3-4,6H2,1-2H3. The Morgan fingerprint density at radius 3 is 2.50 bits per heavy atom. The fourth-order valence-corrected chi connectivity index (χ4v) is 2.01. The predicted molar refractivity (Wildman–Crippen MR) is 60.4 cm³/mol. The number of rotatable bonds is 1. The van der Waals surface area contributed by atoms with E-state index >= 15 is 0 Å². The summed E-state index contributed by atoms with van der Waals surface area (Å²) in [5.74, 6) is -0.235. The smallest absolute Gasteiger partial charge is 0.333 e. The van der Waals surface area contributed by atoms with E-state index in [9.17, 15) is 14.7 Å². The highest BCUT2D eigenvalue weighted by atomic mass is 16.3. The average molecular weight is 222 g/mol. The summed E-state index contributed by atoms with van der Waals surface area (Å²) in [5, 5.41) is 9.85. The molecule has 1 aromatic rings. The van der Waals surface area contributed by atoms with Crippen molar-refractivity contribution in [1.29, 1.82) is 0 Å². The number of nitrogens with zero attached hydrogens (tertiary/aromatic N) is 2. The minimum atomic E-state index is -0.509. The summed E-state index contributed by atoms with van der Waals surface area (Å²) in [6.07, 6.45) is 4.63. The molecule has 0 radical (unpaired) electrons. The third-order valence-corrected chi connectivity index (χ3v) is 3.00. The molecule has 86 valence electrons. The second-order valence-electron chi connectivity index (χ2n) is 4.03. The first kappa shape index (κ1) is 10.7. The van der Waals surface area contributed by atoms with Crippen LogP contribution in [0.3, 0.4) is 0 Å². The molecule has 1 aliphatic carbocycles. The lowest BCUT2D eigenvalue weighted by molar-refractivity contribution is 0.409. The summed E-state index contributed by atoms with van der Waals surface area (Å²) in [7, 11) is 2.87. The minimum Gasteiger partial charge on any atom is -0.494 e. The molecule has 1 aromatic heterocycles. The van der Waals surface area contributed by atoms with Gasteiger partial charge in [0.1, 0.15) is 5.56 Å². The van der Waals surface area contributed by atoms with Gasteiger partial charge in [0.05, 0.1) is 0 Å². The lowest BCUT2D eigenvalue weighted by atomic mass is 10.1. The lowest BCUT2D eigenvalue weighted by Gasteiger charge is -2.10. The van der Waals surface area contributed by atoms with Crippen LogP contribution in [0.1, 0.15) is 24.8 Å². The molecule has 0 atom stereocenters. The van der Waals surface area contributed by atoms with Crippen molar-refractivity contribution < 1.29 is 5.11 Å². The molecule has 5 nitrogen and oxygen atoms in total. The SMILES string of the molecule is Cn1c(O)c(C2=CCCC2)c(=O)n(C)c1=O. The number of hydrogen-bond acceptors (Lipinski definition) is 3. The first-order valence-corrected chi connectivity index (χ1v) is 5.22. The maximum absolute atomic E-state index is 11.9. The van der Waals surface area contributed by atoms with E-state index < -0.39 is 11.2 Å². The van der Waals surface area contributed by atoms with E-state index in [-0.39, 0.29) is 11.4 Å². The molecule has 0 bridgehead atoms. The van der Waals surface area contributed by atoms with Gasteiger partial charge in [-0.25, -0.2) is 4.79 Å². The van der Waals surface area contributed by atoms with Crippen LogP contribution in [0, 0.1) is 0 Å². The molecule has 5 heteroatoms. The Morgan fingerprint density at radius 1 is 1.25 bits per heavy atom. The summed E-state index contributed by atoms with van der Waals surface area (Å²) in [6.45, 7) is 0. The van der Waals surface area contributed by atoms with Crippen molar-refractivity contribution in [3.05, 3.63) is 32.5 Å². The largest absolute Gasteiger partial charge is 0.494 e. The molecule has 2 rings (SSSR count). The zero-order chi connectivity index (χ0) is 11.9. The van der Waals surface area contributed by atoms with Gasteiger partial charge in [0.2, 0.25) is 5.88 Å². The van der Waals surface area contributed by atoms with E-state index in [0.717, 1.165) is 34.0 Å². The van der Waals surface area contributed by atoms with Gasteiger partial charge >= 0.3 is 5.69 Å². The van der Waals surface area contributed by atoms with Crippen molar-refractivity contribution >= 4 is 5.57 Å². The zero-order valence-electron chi connectivity index (χ0n) is 9.36. The summed E-state index contributed by atoms with van der Waals surface area (Å²) < 4.78 is 2.12. The van der Waals surface area contributed by atoms with Gasteiger partial charge in [0, 0.05) is 14.1 Å². The van der Waals surface area contributed by atoms with Gasteiger partial charge in [-0.05, 0) is 24.8 Å². The first-order chi connectivity index (χ1) is 7.54. The number of aromatic hydroxyl groups is 1. The van der Waals surface area contributed by atoms with E-state index in [1.807, 2.05) is 6.08 Å². The van der Waals surface area contributed by atoms with Crippen LogP contribution in [0.5, 0.6) is 5.88 Å². The highest BCUT2D eigenvalue weighted by Gasteiger charge is 2.19. The van der Waals surface area contributed by atoms with E-state index in [4.69, 9.17) is 0 Å². The monoisotopic (exact) mass is 222 g/mol. The average Bonchev–Trinajstić information content (AvgIpc) is 2.77. The van der Waals surface area contributed by atoms with Crippen LogP contribution in [-0.2, 0) is 14.1 Å². The molecule has 0 aromatic carbocycles. The van der Waals surface area contributed by atoms with Crippen molar-refractivity contribution in [2.24, 2.45) is 14.1 Å². The van der Waals surface area contributed by atoms with Gasteiger partial charge < -0.3 is 5.11 Å². The molecule has 1 aliphatic rings. The fraction of sp³-hybridized carbons (Fsp3) is 0.455. The molecular weight excluding hydrogens is 208 g/mol. The van der Waals surface area contributed by atoms with Crippen molar-refractivity contribution in [2.45, 2.75) is 19.3 Å². The number of hydrogen-bond donors (Lipinski definition) is 1. The third-order valence-electron chi connectivity index (χ3n) is 3.00. The molecule has 1 heterocycles. The van der Waals surface area contributed by atoms with Crippen LogP contribution in [-0.4, -0.2) is 14.2 Å². The third kappa shape index (κ3) is 1.39.